The van der Waals surface area contributed by atoms with Gasteiger partial charge in [0.1, 0.15) is 5.82 Å². The van der Waals surface area contributed by atoms with Crippen LogP contribution >= 0.6 is 11.6 Å². The van der Waals surface area contributed by atoms with Crippen LogP contribution in [0.2, 0.25) is 5.02 Å². The molecule has 2 amide bonds. The van der Waals surface area contributed by atoms with Gasteiger partial charge in [-0.3, -0.25) is 9.59 Å². The summed E-state index contributed by atoms with van der Waals surface area (Å²) in [4.78, 5) is 35.0. The van der Waals surface area contributed by atoms with E-state index in [0.29, 0.717) is 36.4 Å². The molecule has 0 saturated carbocycles. The van der Waals surface area contributed by atoms with Gasteiger partial charge >= 0.3 is 0 Å². The van der Waals surface area contributed by atoms with Crippen LogP contribution in [0.4, 0.5) is 17.5 Å². The van der Waals surface area contributed by atoms with Crippen LogP contribution in [0.1, 0.15) is 19.0 Å². The number of amides is 2. The summed E-state index contributed by atoms with van der Waals surface area (Å²) in [7, 11) is 0. The fourth-order valence-electron chi connectivity index (χ4n) is 3.17. The molecular weight excluding hydrogens is 392 g/mol. The summed E-state index contributed by atoms with van der Waals surface area (Å²) in [5.74, 6) is 0.736. The third kappa shape index (κ3) is 5.57. The van der Waals surface area contributed by atoms with Gasteiger partial charge in [0, 0.05) is 55.1 Å². The zero-order valence-electron chi connectivity index (χ0n) is 16.5. The largest absolute Gasteiger partial charge is 0.368 e. The fraction of sp³-hybridized carbons (Fsp3) is 0.400. The summed E-state index contributed by atoms with van der Waals surface area (Å²) < 4.78 is 0. The van der Waals surface area contributed by atoms with Gasteiger partial charge in [-0.2, -0.15) is 4.98 Å². The van der Waals surface area contributed by atoms with E-state index in [1.54, 1.807) is 29.2 Å². The zero-order valence-corrected chi connectivity index (χ0v) is 17.3. The molecule has 2 aromatic rings. The summed E-state index contributed by atoms with van der Waals surface area (Å²) >= 11 is 5.90. The van der Waals surface area contributed by atoms with E-state index >= 15 is 0 Å². The Balaban J connectivity index is 1.46. The van der Waals surface area contributed by atoms with Gasteiger partial charge in [0.05, 0.1) is 5.92 Å². The topological polar surface area (TPSA) is 99.2 Å². The number of carbonyl (C=O) groups excluding carboxylic acids is 2. The predicted molar refractivity (Wildman–Crippen MR) is 114 cm³/mol. The molecule has 8 nitrogen and oxygen atoms in total. The lowest BCUT2D eigenvalue weighted by atomic mass is 10.1. The van der Waals surface area contributed by atoms with Gasteiger partial charge in [0.25, 0.3) is 0 Å². The summed E-state index contributed by atoms with van der Waals surface area (Å²) in [6.07, 6.45) is 0.207. The molecule has 0 bridgehead atoms. The predicted octanol–water partition coefficient (Wildman–Crippen LogP) is 2.45. The average Bonchev–Trinajstić information content (AvgIpc) is 3.07. The highest BCUT2D eigenvalue weighted by Gasteiger charge is 2.34. The zero-order chi connectivity index (χ0) is 20.8. The van der Waals surface area contributed by atoms with Gasteiger partial charge in [-0.1, -0.05) is 11.6 Å². The molecular formula is C20H25ClN6O2. The molecule has 29 heavy (non-hydrogen) atoms. The van der Waals surface area contributed by atoms with Gasteiger partial charge in [-0.05, 0) is 38.1 Å². The van der Waals surface area contributed by atoms with Crippen LogP contribution < -0.4 is 20.9 Å². The van der Waals surface area contributed by atoms with Crippen LogP contribution in [0, 0.1) is 12.8 Å². The van der Waals surface area contributed by atoms with Crippen LogP contribution in [0.15, 0.2) is 30.3 Å². The van der Waals surface area contributed by atoms with Crippen LogP contribution in [0.25, 0.3) is 0 Å². The Morgan fingerprint density at radius 2 is 1.97 bits per heavy atom. The molecule has 0 radical (unpaired) electrons. The van der Waals surface area contributed by atoms with Gasteiger partial charge in [-0.25, -0.2) is 4.98 Å². The first-order valence-electron chi connectivity index (χ1n) is 9.63. The Kier molecular flexibility index (Phi) is 6.87. The average molecular weight is 417 g/mol. The van der Waals surface area contributed by atoms with E-state index in [0.717, 1.165) is 17.9 Å². The Bertz CT molecular complexity index is 874. The molecule has 1 fully saturated rings. The van der Waals surface area contributed by atoms with Crippen molar-refractivity contribution in [2.75, 3.05) is 41.7 Å². The molecule has 1 atom stereocenters. The van der Waals surface area contributed by atoms with Gasteiger partial charge in [0.15, 0.2) is 0 Å². The second kappa shape index (κ2) is 9.56. The van der Waals surface area contributed by atoms with Crippen molar-refractivity contribution in [3.8, 4) is 0 Å². The highest BCUT2D eigenvalue weighted by molar-refractivity contribution is 6.30. The van der Waals surface area contributed by atoms with Crippen LogP contribution in [0.5, 0.6) is 0 Å². The van der Waals surface area contributed by atoms with Crippen molar-refractivity contribution in [3.05, 3.63) is 41.0 Å². The van der Waals surface area contributed by atoms with E-state index in [4.69, 9.17) is 11.6 Å². The normalized spacial score (nSPS) is 16.0. The lowest BCUT2D eigenvalue weighted by molar-refractivity contribution is -0.126. The Hall–Kier alpha value is -2.87. The summed E-state index contributed by atoms with van der Waals surface area (Å²) in [5, 5.41) is 9.77. The molecule has 1 unspecified atom stereocenters. The number of carbonyl (C=O) groups is 2. The van der Waals surface area contributed by atoms with Crippen molar-refractivity contribution in [3.63, 3.8) is 0 Å². The SMILES string of the molecule is CCNc1nc(C)cc(NCCNC(=O)C2CC(=O)N(c3ccc(Cl)cc3)C2)n1. The van der Waals surface area contributed by atoms with E-state index in [1.165, 1.54) is 0 Å². The lowest BCUT2D eigenvalue weighted by Gasteiger charge is -2.17. The van der Waals surface area contributed by atoms with Crippen molar-refractivity contribution in [1.29, 1.82) is 0 Å². The molecule has 1 aliphatic rings. The number of halogens is 1. The number of aryl methyl sites for hydroxylation is 1. The van der Waals surface area contributed by atoms with E-state index in [1.807, 2.05) is 19.9 Å². The number of anilines is 3. The second-order valence-electron chi connectivity index (χ2n) is 6.85. The van der Waals surface area contributed by atoms with Gasteiger partial charge in [-0.15, -0.1) is 0 Å². The Morgan fingerprint density at radius 3 is 2.69 bits per heavy atom. The lowest BCUT2D eigenvalue weighted by Crippen LogP contribution is -2.35. The molecule has 2 heterocycles. The Labute approximate surface area is 175 Å². The smallest absolute Gasteiger partial charge is 0.227 e. The van der Waals surface area contributed by atoms with E-state index in [-0.39, 0.29) is 24.2 Å². The van der Waals surface area contributed by atoms with E-state index in [2.05, 4.69) is 25.9 Å². The quantitative estimate of drug-likeness (QED) is 0.571. The first-order valence-corrected chi connectivity index (χ1v) is 10.0. The first kappa shape index (κ1) is 20.9. The number of nitrogens with zero attached hydrogens (tertiary/aromatic N) is 3. The molecule has 0 spiro atoms. The maximum absolute atomic E-state index is 12.5. The maximum atomic E-state index is 12.5. The number of nitrogens with one attached hydrogen (secondary N) is 3. The first-order chi connectivity index (χ1) is 14.0. The molecule has 0 aliphatic carbocycles. The third-order valence-electron chi connectivity index (χ3n) is 4.55. The molecule has 1 aromatic carbocycles. The standard InChI is InChI=1S/C20H25ClN6O2/c1-3-22-20-25-13(2)10-17(26-20)23-8-9-24-19(29)14-11-18(28)27(12-14)16-6-4-15(21)5-7-16/h4-7,10,14H,3,8-9,11-12H2,1-2H3,(H,24,29)(H2,22,23,25,26). The molecule has 3 rings (SSSR count). The van der Waals surface area contributed by atoms with Crippen molar-refractivity contribution < 1.29 is 9.59 Å². The molecule has 1 aliphatic heterocycles. The minimum atomic E-state index is -0.361. The van der Waals surface area contributed by atoms with Gasteiger partial charge < -0.3 is 20.9 Å². The summed E-state index contributed by atoms with van der Waals surface area (Å²) in [6, 6.07) is 8.90. The molecule has 3 N–H and O–H groups in total. The van der Waals surface area contributed by atoms with E-state index in [9.17, 15) is 9.59 Å². The van der Waals surface area contributed by atoms with Crippen molar-refractivity contribution in [2.24, 2.45) is 5.92 Å². The number of hydrogen-bond acceptors (Lipinski definition) is 6. The van der Waals surface area contributed by atoms with Crippen molar-refractivity contribution in [1.82, 2.24) is 15.3 Å². The molecule has 154 valence electrons. The Morgan fingerprint density at radius 1 is 1.21 bits per heavy atom. The van der Waals surface area contributed by atoms with Crippen LogP contribution in [-0.4, -0.2) is 48.0 Å². The number of benzene rings is 1. The molecule has 1 aromatic heterocycles. The fourth-order valence-corrected chi connectivity index (χ4v) is 3.30. The number of hydrogen-bond donors (Lipinski definition) is 3. The van der Waals surface area contributed by atoms with Crippen molar-refractivity contribution in [2.45, 2.75) is 20.3 Å². The van der Waals surface area contributed by atoms with Gasteiger partial charge in [0.2, 0.25) is 17.8 Å². The highest BCUT2D eigenvalue weighted by Crippen LogP contribution is 2.26. The molecule has 1 saturated heterocycles. The minimum Gasteiger partial charge on any atom is -0.368 e. The van der Waals surface area contributed by atoms with E-state index < -0.39 is 0 Å². The number of aromatic nitrogens is 2. The minimum absolute atomic E-state index is 0.0574. The monoisotopic (exact) mass is 416 g/mol. The summed E-state index contributed by atoms with van der Waals surface area (Å²) in [6.45, 7) is 5.96. The highest BCUT2D eigenvalue weighted by atomic mass is 35.5. The van der Waals surface area contributed by atoms with Crippen LogP contribution in [-0.2, 0) is 9.59 Å². The number of rotatable bonds is 8. The third-order valence-corrected chi connectivity index (χ3v) is 4.81. The molecule has 9 heteroatoms. The van der Waals surface area contributed by atoms with Crippen molar-refractivity contribution >= 4 is 40.9 Å². The summed E-state index contributed by atoms with van der Waals surface area (Å²) in [5.41, 5.74) is 1.61. The van der Waals surface area contributed by atoms with Crippen LogP contribution in [0.3, 0.4) is 0 Å². The maximum Gasteiger partial charge on any atom is 0.227 e. The second-order valence-corrected chi connectivity index (χ2v) is 7.28.